The van der Waals surface area contributed by atoms with Crippen LogP contribution in [0.5, 0.6) is 5.75 Å². The maximum absolute atomic E-state index is 12.1. The van der Waals surface area contributed by atoms with E-state index in [1.165, 1.54) is 18.2 Å². The van der Waals surface area contributed by atoms with Crippen molar-refractivity contribution in [2.24, 2.45) is 0 Å². The van der Waals surface area contributed by atoms with Crippen molar-refractivity contribution >= 4 is 5.69 Å². The van der Waals surface area contributed by atoms with Crippen LogP contribution in [0.2, 0.25) is 0 Å². The molecule has 2 aromatic rings. The lowest BCUT2D eigenvalue weighted by atomic mass is 10.3. The number of imidazole rings is 1. The number of rotatable bonds is 5. The number of halogens is 3. The van der Waals surface area contributed by atoms with Crippen LogP contribution in [-0.4, -0.2) is 22.5 Å². The summed E-state index contributed by atoms with van der Waals surface area (Å²) in [6.07, 6.45) is -1.13. The van der Waals surface area contributed by atoms with E-state index < -0.39 is 6.36 Å². The first-order valence-corrected chi connectivity index (χ1v) is 6.01. The van der Waals surface area contributed by atoms with Crippen molar-refractivity contribution in [3.05, 3.63) is 42.5 Å². The zero-order valence-corrected chi connectivity index (χ0v) is 10.8. The van der Waals surface area contributed by atoms with E-state index in [1.807, 2.05) is 17.7 Å². The molecule has 1 aromatic carbocycles. The predicted octanol–water partition coefficient (Wildman–Crippen LogP) is 3.20. The second-order valence-electron chi connectivity index (χ2n) is 4.17. The molecule has 0 fully saturated rings. The number of aryl methyl sites for hydroxylation is 1. The first-order chi connectivity index (χ1) is 9.44. The predicted molar refractivity (Wildman–Crippen MR) is 68.6 cm³/mol. The van der Waals surface area contributed by atoms with E-state index in [4.69, 9.17) is 0 Å². The molecular formula is C13H14F3N3O. The topological polar surface area (TPSA) is 39.1 Å². The van der Waals surface area contributed by atoms with E-state index in [0.717, 1.165) is 5.82 Å². The van der Waals surface area contributed by atoms with Gasteiger partial charge in [0.2, 0.25) is 0 Å². The van der Waals surface area contributed by atoms with Crippen molar-refractivity contribution < 1.29 is 17.9 Å². The minimum Gasteiger partial charge on any atom is -0.406 e. The van der Waals surface area contributed by atoms with E-state index in [2.05, 4.69) is 15.0 Å². The summed E-state index contributed by atoms with van der Waals surface area (Å²) in [5.41, 5.74) is 0.574. The standard InChI is InChI=1S/C13H14F3N3O/c1-10-17-5-7-19(10)8-6-18-11-3-2-4-12(9-11)20-13(14,15)16/h2-5,7,9,18H,6,8H2,1H3. The number of benzene rings is 1. The lowest BCUT2D eigenvalue weighted by Crippen LogP contribution is -2.17. The third-order valence-electron chi connectivity index (χ3n) is 2.67. The summed E-state index contributed by atoms with van der Waals surface area (Å²) in [4.78, 5) is 4.09. The van der Waals surface area contributed by atoms with Crippen molar-refractivity contribution in [2.75, 3.05) is 11.9 Å². The molecule has 0 amide bonds. The molecule has 20 heavy (non-hydrogen) atoms. The molecule has 0 radical (unpaired) electrons. The van der Waals surface area contributed by atoms with Gasteiger partial charge in [-0.25, -0.2) is 4.98 Å². The Labute approximate surface area is 114 Å². The first kappa shape index (κ1) is 14.2. The van der Waals surface area contributed by atoms with Crippen molar-refractivity contribution in [1.82, 2.24) is 9.55 Å². The molecule has 1 N–H and O–H groups in total. The number of alkyl halides is 3. The van der Waals surface area contributed by atoms with Crippen LogP contribution in [-0.2, 0) is 6.54 Å². The van der Waals surface area contributed by atoms with Crippen LogP contribution < -0.4 is 10.1 Å². The quantitative estimate of drug-likeness (QED) is 0.917. The van der Waals surface area contributed by atoms with Gasteiger partial charge in [-0.3, -0.25) is 0 Å². The van der Waals surface area contributed by atoms with Gasteiger partial charge in [0.05, 0.1) is 0 Å². The average Bonchev–Trinajstić information content (AvgIpc) is 2.73. The maximum Gasteiger partial charge on any atom is 0.573 e. The molecule has 0 bridgehead atoms. The van der Waals surface area contributed by atoms with Gasteiger partial charge in [0.1, 0.15) is 11.6 Å². The zero-order chi connectivity index (χ0) is 14.6. The highest BCUT2D eigenvalue weighted by molar-refractivity contribution is 5.48. The van der Waals surface area contributed by atoms with Crippen LogP contribution in [0.4, 0.5) is 18.9 Å². The van der Waals surface area contributed by atoms with Crippen molar-refractivity contribution in [1.29, 1.82) is 0 Å². The molecule has 0 spiro atoms. The molecule has 108 valence electrons. The SMILES string of the molecule is Cc1nccn1CCNc1cccc(OC(F)(F)F)c1. The van der Waals surface area contributed by atoms with E-state index >= 15 is 0 Å². The number of aromatic nitrogens is 2. The highest BCUT2D eigenvalue weighted by atomic mass is 19.4. The van der Waals surface area contributed by atoms with Crippen molar-refractivity contribution in [2.45, 2.75) is 19.8 Å². The smallest absolute Gasteiger partial charge is 0.406 e. The minimum atomic E-state index is -4.67. The van der Waals surface area contributed by atoms with Gasteiger partial charge in [-0.2, -0.15) is 0 Å². The molecular weight excluding hydrogens is 271 g/mol. The third-order valence-corrected chi connectivity index (χ3v) is 2.67. The number of ether oxygens (including phenoxy) is 1. The fourth-order valence-electron chi connectivity index (χ4n) is 1.76. The van der Waals surface area contributed by atoms with Gasteiger partial charge in [0, 0.05) is 37.2 Å². The summed E-state index contributed by atoms with van der Waals surface area (Å²) in [7, 11) is 0. The van der Waals surface area contributed by atoms with Crippen LogP contribution >= 0.6 is 0 Å². The molecule has 4 nitrogen and oxygen atoms in total. The molecule has 0 atom stereocenters. The molecule has 0 saturated heterocycles. The van der Waals surface area contributed by atoms with Gasteiger partial charge in [-0.05, 0) is 19.1 Å². The molecule has 0 aliphatic heterocycles. The molecule has 0 unspecified atom stereocenters. The summed E-state index contributed by atoms with van der Waals surface area (Å²) >= 11 is 0. The largest absolute Gasteiger partial charge is 0.573 e. The second kappa shape index (κ2) is 5.85. The van der Waals surface area contributed by atoms with E-state index in [-0.39, 0.29) is 5.75 Å². The summed E-state index contributed by atoms with van der Waals surface area (Å²) in [5, 5.41) is 3.04. The van der Waals surface area contributed by atoms with Gasteiger partial charge in [-0.1, -0.05) is 6.07 Å². The number of hydrogen-bond acceptors (Lipinski definition) is 3. The molecule has 0 aliphatic carbocycles. The number of nitrogens with one attached hydrogen (secondary N) is 1. The summed E-state index contributed by atoms with van der Waals surface area (Å²) in [5.74, 6) is 0.655. The monoisotopic (exact) mass is 285 g/mol. The Hall–Kier alpha value is -2.18. The lowest BCUT2D eigenvalue weighted by Gasteiger charge is -2.11. The molecule has 1 aromatic heterocycles. The fourth-order valence-corrected chi connectivity index (χ4v) is 1.76. The van der Waals surface area contributed by atoms with Crippen LogP contribution in [0.15, 0.2) is 36.7 Å². The summed E-state index contributed by atoms with van der Waals surface area (Å²) in [6.45, 7) is 3.14. The van der Waals surface area contributed by atoms with Gasteiger partial charge >= 0.3 is 6.36 Å². The molecule has 7 heteroatoms. The minimum absolute atomic E-state index is 0.235. The fraction of sp³-hybridized carbons (Fsp3) is 0.308. The van der Waals surface area contributed by atoms with E-state index in [1.54, 1.807) is 12.3 Å². The van der Waals surface area contributed by atoms with Crippen molar-refractivity contribution in [3.8, 4) is 5.75 Å². The third kappa shape index (κ3) is 4.18. The molecule has 0 aliphatic rings. The van der Waals surface area contributed by atoms with Crippen LogP contribution in [0.3, 0.4) is 0 Å². The maximum atomic E-state index is 12.1. The highest BCUT2D eigenvalue weighted by Crippen LogP contribution is 2.24. The van der Waals surface area contributed by atoms with Gasteiger partial charge in [0.15, 0.2) is 0 Å². The molecule has 2 rings (SSSR count). The van der Waals surface area contributed by atoms with Crippen LogP contribution in [0.25, 0.3) is 0 Å². The Morgan fingerprint density at radius 1 is 1.35 bits per heavy atom. The Balaban J connectivity index is 1.90. The van der Waals surface area contributed by atoms with Crippen LogP contribution in [0.1, 0.15) is 5.82 Å². The Kier molecular flexibility index (Phi) is 4.16. The van der Waals surface area contributed by atoms with Crippen molar-refractivity contribution in [3.63, 3.8) is 0 Å². The van der Waals surface area contributed by atoms with E-state index in [0.29, 0.717) is 18.8 Å². The van der Waals surface area contributed by atoms with Gasteiger partial charge in [-0.15, -0.1) is 13.2 Å². The number of nitrogens with zero attached hydrogens (tertiary/aromatic N) is 2. The van der Waals surface area contributed by atoms with Gasteiger partial charge < -0.3 is 14.6 Å². The lowest BCUT2D eigenvalue weighted by molar-refractivity contribution is -0.274. The zero-order valence-electron chi connectivity index (χ0n) is 10.8. The average molecular weight is 285 g/mol. The van der Waals surface area contributed by atoms with E-state index in [9.17, 15) is 13.2 Å². The Bertz CT molecular complexity index is 566. The van der Waals surface area contributed by atoms with Gasteiger partial charge in [0.25, 0.3) is 0 Å². The Morgan fingerprint density at radius 3 is 2.80 bits per heavy atom. The first-order valence-electron chi connectivity index (χ1n) is 6.01. The summed E-state index contributed by atoms with van der Waals surface area (Å²) in [6, 6.07) is 5.77. The molecule has 0 saturated carbocycles. The van der Waals surface area contributed by atoms with Crippen LogP contribution in [0, 0.1) is 6.92 Å². The summed E-state index contributed by atoms with van der Waals surface area (Å²) < 4.78 is 42.1. The number of anilines is 1. The normalized spacial score (nSPS) is 11.4. The Morgan fingerprint density at radius 2 is 2.15 bits per heavy atom. The molecule has 1 heterocycles. The number of hydrogen-bond donors (Lipinski definition) is 1. The highest BCUT2D eigenvalue weighted by Gasteiger charge is 2.31. The second-order valence-corrected chi connectivity index (χ2v) is 4.17.